The van der Waals surface area contributed by atoms with E-state index in [0.717, 1.165) is 31.2 Å². The number of ether oxygens (including phenoxy) is 1. The minimum Gasteiger partial charge on any atom is -0.464 e. The molecule has 1 aromatic carbocycles. The second-order valence-electron chi connectivity index (χ2n) is 8.69. The average Bonchev–Trinajstić information content (AvgIpc) is 3.58. The predicted octanol–water partition coefficient (Wildman–Crippen LogP) is 4.78. The molecule has 0 amide bonds. The normalized spacial score (nSPS) is 13.9. The number of hydrogen-bond acceptors (Lipinski definition) is 5. The molecule has 0 spiro atoms. The highest BCUT2D eigenvalue weighted by Crippen LogP contribution is 2.45. The first kappa shape index (κ1) is 23.8. The van der Waals surface area contributed by atoms with Crippen molar-refractivity contribution in [2.45, 2.75) is 51.0 Å². The second-order valence-corrected chi connectivity index (χ2v) is 9.12. The zero-order chi connectivity index (χ0) is 24.2. The van der Waals surface area contributed by atoms with E-state index in [2.05, 4.69) is 11.2 Å². The van der Waals surface area contributed by atoms with Crippen molar-refractivity contribution < 1.29 is 9.53 Å². The van der Waals surface area contributed by atoms with E-state index in [4.69, 9.17) is 16.3 Å². The summed E-state index contributed by atoms with van der Waals surface area (Å²) in [5.41, 5.74) is 3.08. The third kappa shape index (κ3) is 5.23. The molecular weight excluding hydrogens is 452 g/mol. The van der Waals surface area contributed by atoms with Crippen LogP contribution in [-0.4, -0.2) is 26.9 Å². The number of nitrogens with zero attached hydrogens (tertiary/aromatic N) is 4. The standard InChI is InChI=1S/C26H27ClN4O3/c1-3-4-11-34-26(33)24(13-20-9-10-30(2)29-20)31-16-23(17-5-6-17)22(14-25(31)32)21-12-19(27)8-7-18(21)15-28/h7-10,12,14,16-17,24H,3-6,11,13H2,1-2H3. The van der Waals surface area contributed by atoms with Crippen molar-refractivity contribution in [2.24, 2.45) is 7.05 Å². The Hall–Kier alpha value is -3.37. The van der Waals surface area contributed by atoms with Crippen molar-refractivity contribution in [3.05, 3.63) is 74.9 Å². The summed E-state index contributed by atoms with van der Waals surface area (Å²) >= 11 is 6.22. The van der Waals surface area contributed by atoms with Crippen LogP contribution in [0, 0.1) is 11.3 Å². The van der Waals surface area contributed by atoms with Crippen LogP contribution in [0.15, 0.2) is 47.5 Å². The first-order chi connectivity index (χ1) is 16.4. The molecule has 0 aliphatic heterocycles. The zero-order valence-corrected chi connectivity index (χ0v) is 20.1. The third-order valence-electron chi connectivity index (χ3n) is 6.04. The number of pyridine rings is 1. The fourth-order valence-electron chi connectivity index (χ4n) is 4.08. The van der Waals surface area contributed by atoms with Gasteiger partial charge in [-0.25, -0.2) is 4.79 Å². The number of carbonyl (C=O) groups excluding carboxylic acids is 1. The number of benzene rings is 1. The number of nitriles is 1. The molecule has 1 saturated carbocycles. The molecule has 1 unspecified atom stereocenters. The maximum Gasteiger partial charge on any atom is 0.329 e. The summed E-state index contributed by atoms with van der Waals surface area (Å²) < 4.78 is 8.66. The largest absolute Gasteiger partial charge is 0.464 e. The summed E-state index contributed by atoms with van der Waals surface area (Å²) in [6.07, 6.45) is 7.45. The summed E-state index contributed by atoms with van der Waals surface area (Å²) in [6.45, 7) is 2.33. The summed E-state index contributed by atoms with van der Waals surface area (Å²) in [5.74, 6) is -0.185. The number of aryl methyl sites for hydroxylation is 1. The molecule has 1 atom stereocenters. The fourth-order valence-corrected chi connectivity index (χ4v) is 4.25. The van der Waals surface area contributed by atoms with Gasteiger partial charge in [0.1, 0.15) is 6.04 Å². The second kappa shape index (κ2) is 10.3. The number of carbonyl (C=O) groups is 1. The molecule has 176 valence electrons. The van der Waals surface area contributed by atoms with E-state index in [0.29, 0.717) is 34.0 Å². The lowest BCUT2D eigenvalue weighted by Gasteiger charge is -2.21. The van der Waals surface area contributed by atoms with E-state index in [1.807, 2.05) is 20.0 Å². The number of hydrogen-bond donors (Lipinski definition) is 0. The molecule has 0 saturated heterocycles. The van der Waals surface area contributed by atoms with Gasteiger partial charge in [-0.05, 0) is 60.6 Å². The van der Waals surface area contributed by atoms with Gasteiger partial charge in [0.25, 0.3) is 5.56 Å². The molecule has 1 aliphatic rings. The third-order valence-corrected chi connectivity index (χ3v) is 6.28. The van der Waals surface area contributed by atoms with Crippen molar-refractivity contribution in [3.8, 4) is 17.2 Å². The summed E-state index contributed by atoms with van der Waals surface area (Å²) in [5, 5.41) is 14.5. The van der Waals surface area contributed by atoms with Crippen molar-refractivity contribution in [3.63, 3.8) is 0 Å². The highest BCUT2D eigenvalue weighted by atomic mass is 35.5. The van der Waals surface area contributed by atoms with Crippen LogP contribution in [-0.2, 0) is 23.0 Å². The number of unbranched alkanes of at least 4 members (excludes halogenated alkanes) is 1. The molecule has 7 nitrogen and oxygen atoms in total. The van der Waals surface area contributed by atoms with Crippen molar-refractivity contribution in [2.75, 3.05) is 6.61 Å². The summed E-state index contributed by atoms with van der Waals surface area (Å²) in [4.78, 5) is 26.5. The van der Waals surface area contributed by atoms with Crippen LogP contribution in [0.1, 0.15) is 61.4 Å². The Bertz CT molecular complexity index is 1300. The molecule has 2 heterocycles. The number of aromatic nitrogens is 3. The minimum absolute atomic E-state index is 0.246. The lowest BCUT2D eigenvalue weighted by atomic mass is 9.94. The number of rotatable bonds is 9. The molecule has 8 heteroatoms. The highest BCUT2D eigenvalue weighted by Gasteiger charge is 2.31. The first-order valence-corrected chi connectivity index (χ1v) is 11.9. The molecule has 3 aromatic rings. The Morgan fingerprint density at radius 3 is 2.74 bits per heavy atom. The van der Waals surface area contributed by atoms with E-state index >= 15 is 0 Å². The van der Waals surface area contributed by atoms with E-state index in [1.54, 1.807) is 35.3 Å². The Kier molecular flexibility index (Phi) is 7.18. The maximum atomic E-state index is 13.4. The van der Waals surface area contributed by atoms with Gasteiger partial charge in [0, 0.05) is 42.5 Å². The Morgan fingerprint density at radius 1 is 1.29 bits per heavy atom. The van der Waals surface area contributed by atoms with Crippen LogP contribution >= 0.6 is 11.6 Å². The van der Waals surface area contributed by atoms with Gasteiger partial charge in [0.15, 0.2) is 0 Å². The van der Waals surface area contributed by atoms with Crippen LogP contribution in [0.5, 0.6) is 0 Å². The van der Waals surface area contributed by atoms with E-state index in [9.17, 15) is 14.9 Å². The van der Waals surface area contributed by atoms with Crippen LogP contribution in [0.25, 0.3) is 11.1 Å². The molecule has 1 aliphatic carbocycles. The van der Waals surface area contributed by atoms with Crippen molar-refractivity contribution in [1.29, 1.82) is 5.26 Å². The molecule has 4 rings (SSSR count). The topological polar surface area (TPSA) is 89.9 Å². The zero-order valence-electron chi connectivity index (χ0n) is 19.3. The Labute approximate surface area is 203 Å². The lowest BCUT2D eigenvalue weighted by Crippen LogP contribution is -2.33. The molecular formula is C26H27ClN4O3. The van der Waals surface area contributed by atoms with Gasteiger partial charge in [-0.15, -0.1) is 0 Å². The van der Waals surface area contributed by atoms with Crippen LogP contribution < -0.4 is 5.56 Å². The van der Waals surface area contributed by atoms with Gasteiger partial charge in [0.05, 0.1) is 23.9 Å². The van der Waals surface area contributed by atoms with E-state index in [-0.39, 0.29) is 17.9 Å². The van der Waals surface area contributed by atoms with E-state index in [1.165, 1.54) is 10.6 Å². The van der Waals surface area contributed by atoms with Gasteiger partial charge in [0.2, 0.25) is 0 Å². The maximum absolute atomic E-state index is 13.4. The average molecular weight is 479 g/mol. The quantitative estimate of drug-likeness (QED) is 0.326. The predicted molar refractivity (Wildman–Crippen MR) is 130 cm³/mol. The van der Waals surface area contributed by atoms with Gasteiger partial charge in [-0.1, -0.05) is 24.9 Å². The van der Waals surface area contributed by atoms with Crippen LogP contribution in [0.3, 0.4) is 0 Å². The molecule has 0 radical (unpaired) electrons. The Morgan fingerprint density at radius 2 is 2.09 bits per heavy atom. The minimum atomic E-state index is -0.833. The molecule has 34 heavy (non-hydrogen) atoms. The van der Waals surface area contributed by atoms with Crippen LogP contribution in [0.4, 0.5) is 0 Å². The highest BCUT2D eigenvalue weighted by molar-refractivity contribution is 6.31. The van der Waals surface area contributed by atoms with Crippen molar-refractivity contribution in [1.82, 2.24) is 14.3 Å². The van der Waals surface area contributed by atoms with Crippen molar-refractivity contribution >= 4 is 17.6 Å². The molecule has 1 fully saturated rings. The fraction of sp³-hybridized carbons (Fsp3) is 0.385. The van der Waals surface area contributed by atoms with E-state index < -0.39 is 12.0 Å². The first-order valence-electron chi connectivity index (χ1n) is 11.5. The van der Waals surface area contributed by atoms with Gasteiger partial charge in [-0.3, -0.25) is 9.48 Å². The summed E-state index contributed by atoms with van der Waals surface area (Å²) in [6, 6.07) is 9.76. The van der Waals surface area contributed by atoms with Gasteiger partial charge >= 0.3 is 5.97 Å². The Balaban J connectivity index is 1.80. The van der Waals surface area contributed by atoms with Crippen LogP contribution in [0.2, 0.25) is 5.02 Å². The molecule has 2 aromatic heterocycles. The number of halogens is 1. The SMILES string of the molecule is CCCCOC(=O)C(Cc1ccn(C)n1)n1cc(C2CC2)c(-c2cc(Cl)ccc2C#N)cc1=O. The molecule has 0 bridgehead atoms. The molecule has 0 N–H and O–H groups in total. The monoisotopic (exact) mass is 478 g/mol. The van der Waals surface area contributed by atoms with Gasteiger partial charge < -0.3 is 9.30 Å². The number of esters is 1. The van der Waals surface area contributed by atoms with Gasteiger partial charge in [-0.2, -0.15) is 10.4 Å². The lowest BCUT2D eigenvalue weighted by molar-refractivity contribution is -0.147. The smallest absolute Gasteiger partial charge is 0.329 e. The summed E-state index contributed by atoms with van der Waals surface area (Å²) in [7, 11) is 1.81.